The fraction of sp³-hybridized carbons (Fsp3) is 0.429. The number of benzene rings is 1. The lowest BCUT2D eigenvalue weighted by molar-refractivity contribution is 0.311. The largest absolute Gasteiger partial charge is 0.507 e. The Balaban J connectivity index is 1.29. The molecular formula is C21H24N6OS. The zero-order chi connectivity index (χ0) is 19.8. The third-order valence-corrected chi connectivity index (χ3v) is 6.67. The zero-order valence-electron chi connectivity index (χ0n) is 16.4. The van der Waals surface area contributed by atoms with Crippen LogP contribution in [0.3, 0.4) is 0 Å². The third-order valence-electron chi connectivity index (χ3n) is 5.79. The number of nitrogens with one attached hydrogen (secondary N) is 1. The maximum absolute atomic E-state index is 10.5. The Bertz CT molecular complexity index is 1000. The van der Waals surface area contributed by atoms with Gasteiger partial charge in [-0.2, -0.15) is 0 Å². The van der Waals surface area contributed by atoms with Gasteiger partial charge in [-0.1, -0.05) is 23.8 Å². The van der Waals surface area contributed by atoms with Gasteiger partial charge in [-0.25, -0.2) is 0 Å². The van der Waals surface area contributed by atoms with E-state index in [1.807, 2.05) is 31.2 Å². The van der Waals surface area contributed by atoms with Crippen LogP contribution in [0.5, 0.6) is 5.75 Å². The number of anilines is 1. The predicted octanol–water partition coefficient (Wildman–Crippen LogP) is 3.40. The normalized spacial score (nSPS) is 19.5. The standard InChI is InChI=1S/C21H24N6OS/c1-13-23-26-21(29-13)14-5-6-17(19(28)11-14)18-7-8-20(25-24-18)27-10-9-16(12-27)22-15-3-2-4-15/h5-8,11,15-16,22,28H,2-4,9-10,12H2,1H3/t16-/m1/s1. The van der Waals surface area contributed by atoms with Gasteiger partial charge in [-0.3, -0.25) is 0 Å². The van der Waals surface area contributed by atoms with Crippen LogP contribution in [-0.2, 0) is 0 Å². The molecule has 29 heavy (non-hydrogen) atoms. The van der Waals surface area contributed by atoms with Crippen molar-refractivity contribution in [3.05, 3.63) is 35.3 Å². The van der Waals surface area contributed by atoms with Crippen molar-refractivity contribution in [2.45, 2.75) is 44.7 Å². The van der Waals surface area contributed by atoms with Crippen molar-refractivity contribution in [2.75, 3.05) is 18.0 Å². The molecule has 0 spiro atoms. The lowest BCUT2D eigenvalue weighted by atomic mass is 9.92. The van der Waals surface area contributed by atoms with E-state index in [-0.39, 0.29) is 5.75 Å². The van der Waals surface area contributed by atoms with Gasteiger partial charge < -0.3 is 15.3 Å². The molecule has 1 saturated carbocycles. The summed E-state index contributed by atoms with van der Waals surface area (Å²) in [4.78, 5) is 2.29. The Morgan fingerprint density at radius 1 is 1.03 bits per heavy atom. The fourth-order valence-corrected chi connectivity index (χ4v) is 4.63. The molecule has 1 aromatic carbocycles. The van der Waals surface area contributed by atoms with Gasteiger partial charge in [0.05, 0.1) is 5.69 Å². The molecule has 0 radical (unpaired) electrons. The van der Waals surface area contributed by atoms with Crippen LogP contribution in [0.2, 0.25) is 0 Å². The average Bonchev–Trinajstić information content (AvgIpc) is 3.34. The highest BCUT2D eigenvalue weighted by Gasteiger charge is 2.27. The minimum absolute atomic E-state index is 0.170. The monoisotopic (exact) mass is 408 g/mol. The molecule has 3 aromatic rings. The predicted molar refractivity (Wildman–Crippen MR) is 114 cm³/mol. The molecule has 2 N–H and O–H groups in total. The number of phenols is 1. The Kier molecular flexibility index (Phi) is 4.89. The van der Waals surface area contributed by atoms with Crippen LogP contribution in [0.4, 0.5) is 5.82 Å². The second-order valence-corrected chi connectivity index (χ2v) is 9.04. The molecule has 1 atom stereocenters. The molecule has 8 heteroatoms. The topological polar surface area (TPSA) is 87.1 Å². The molecule has 1 aliphatic carbocycles. The Morgan fingerprint density at radius 3 is 2.59 bits per heavy atom. The van der Waals surface area contributed by atoms with Crippen molar-refractivity contribution in [2.24, 2.45) is 0 Å². The van der Waals surface area contributed by atoms with Crippen LogP contribution in [0.25, 0.3) is 21.8 Å². The Labute approximate surface area is 173 Å². The number of nitrogens with zero attached hydrogens (tertiary/aromatic N) is 5. The average molecular weight is 409 g/mol. The number of aromatic hydroxyl groups is 1. The quantitative estimate of drug-likeness (QED) is 0.669. The minimum Gasteiger partial charge on any atom is -0.507 e. The van der Waals surface area contributed by atoms with E-state index in [1.54, 1.807) is 6.07 Å². The van der Waals surface area contributed by atoms with Gasteiger partial charge in [0.1, 0.15) is 15.8 Å². The van der Waals surface area contributed by atoms with Gasteiger partial charge in [-0.05, 0) is 50.5 Å². The third kappa shape index (κ3) is 3.82. The zero-order valence-corrected chi connectivity index (χ0v) is 17.2. The van der Waals surface area contributed by atoms with Crippen molar-refractivity contribution in [1.29, 1.82) is 0 Å². The van der Waals surface area contributed by atoms with Crippen LogP contribution in [0.15, 0.2) is 30.3 Å². The SMILES string of the molecule is Cc1nnc(-c2ccc(-c3ccc(N4CC[C@@H](NC5CCC5)C4)nn3)c(O)c2)s1. The van der Waals surface area contributed by atoms with E-state index in [2.05, 4.69) is 30.6 Å². The first-order chi connectivity index (χ1) is 14.2. The number of phenolic OH excluding ortho intramolecular Hbond substituents is 1. The molecule has 2 fully saturated rings. The van der Waals surface area contributed by atoms with E-state index in [9.17, 15) is 5.11 Å². The molecule has 7 nitrogen and oxygen atoms in total. The first-order valence-corrected chi connectivity index (χ1v) is 11.0. The van der Waals surface area contributed by atoms with Crippen molar-refractivity contribution in [3.63, 3.8) is 0 Å². The second-order valence-electron chi connectivity index (χ2n) is 7.86. The van der Waals surface area contributed by atoms with E-state index in [4.69, 9.17) is 0 Å². The van der Waals surface area contributed by atoms with Crippen LogP contribution in [0.1, 0.15) is 30.7 Å². The molecule has 1 aliphatic heterocycles. The maximum Gasteiger partial charge on any atom is 0.151 e. The summed E-state index contributed by atoms with van der Waals surface area (Å²) in [6.07, 6.45) is 5.13. The smallest absolute Gasteiger partial charge is 0.151 e. The van der Waals surface area contributed by atoms with Crippen molar-refractivity contribution < 1.29 is 5.11 Å². The van der Waals surface area contributed by atoms with Crippen LogP contribution >= 0.6 is 11.3 Å². The Hall–Kier alpha value is -2.58. The number of hydrogen-bond donors (Lipinski definition) is 2. The van der Waals surface area contributed by atoms with E-state index in [0.29, 0.717) is 23.3 Å². The summed E-state index contributed by atoms with van der Waals surface area (Å²) in [6, 6.07) is 10.7. The highest BCUT2D eigenvalue weighted by Crippen LogP contribution is 2.33. The van der Waals surface area contributed by atoms with Gasteiger partial charge in [0, 0.05) is 36.3 Å². The Morgan fingerprint density at radius 2 is 1.93 bits per heavy atom. The number of aromatic nitrogens is 4. The van der Waals surface area contributed by atoms with Gasteiger partial charge in [0.25, 0.3) is 0 Å². The minimum atomic E-state index is 0.170. The summed E-state index contributed by atoms with van der Waals surface area (Å²) in [5.41, 5.74) is 2.18. The first kappa shape index (κ1) is 18.4. The highest BCUT2D eigenvalue weighted by atomic mass is 32.1. The molecule has 0 amide bonds. The van der Waals surface area contributed by atoms with Gasteiger partial charge in [-0.15, -0.1) is 20.4 Å². The molecular weight excluding hydrogens is 384 g/mol. The highest BCUT2D eigenvalue weighted by molar-refractivity contribution is 7.14. The molecule has 0 unspecified atom stereocenters. The molecule has 150 valence electrons. The van der Waals surface area contributed by atoms with Gasteiger partial charge in [0.2, 0.25) is 0 Å². The summed E-state index contributed by atoms with van der Waals surface area (Å²) in [5.74, 6) is 1.07. The summed E-state index contributed by atoms with van der Waals surface area (Å²) < 4.78 is 0. The molecule has 0 bridgehead atoms. The molecule has 1 saturated heterocycles. The van der Waals surface area contributed by atoms with Crippen molar-refractivity contribution in [1.82, 2.24) is 25.7 Å². The fourth-order valence-electron chi connectivity index (χ4n) is 3.94. The van der Waals surface area contributed by atoms with E-state index in [1.165, 1.54) is 30.6 Å². The summed E-state index contributed by atoms with van der Waals surface area (Å²) in [7, 11) is 0. The number of rotatable bonds is 5. The van der Waals surface area contributed by atoms with E-state index >= 15 is 0 Å². The summed E-state index contributed by atoms with van der Waals surface area (Å²) >= 11 is 1.50. The lowest BCUT2D eigenvalue weighted by Crippen LogP contribution is -2.43. The van der Waals surface area contributed by atoms with Crippen molar-refractivity contribution in [3.8, 4) is 27.6 Å². The summed E-state index contributed by atoms with van der Waals surface area (Å²) in [5, 5.41) is 32.9. The van der Waals surface area contributed by atoms with E-state index < -0.39 is 0 Å². The van der Waals surface area contributed by atoms with Crippen molar-refractivity contribution >= 4 is 17.2 Å². The number of aryl methyl sites for hydroxylation is 1. The van der Waals surface area contributed by atoms with Gasteiger partial charge in [0.15, 0.2) is 5.82 Å². The maximum atomic E-state index is 10.5. The summed E-state index contributed by atoms with van der Waals surface area (Å²) in [6.45, 7) is 3.89. The second kappa shape index (κ2) is 7.68. The first-order valence-electron chi connectivity index (χ1n) is 10.1. The van der Waals surface area contributed by atoms with Crippen LogP contribution in [0, 0.1) is 6.92 Å². The van der Waals surface area contributed by atoms with Gasteiger partial charge >= 0.3 is 0 Å². The lowest BCUT2D eigenvalue weighted by Gasteiger charge is -2.29. The van der Waals surface area contributed by atoms with Crippen LogP contribution < -0.4 is 10.2 Å². The van der Waals surface area contributed by atoms with Crippen LogP contribution in [-0.4, -0.2) is 50.7 Å². The molecule has 2 aromatic heterocycles. The molecule has 3 heterocycles. The number of hydrogen-bond acceptors (Lipinski definition) is 8. The van der Waals surface area contributed by atoms with E-state index in [0.717, 1.165) is 40.9 Å². The molecule has 5 rings (SSSR count). The molecule has 2 aliphatic rings.